The van der Waals surface area contributed by atoms with E-state index in [1.165, 1.54) is 5.56 Å². The first kappa shape index (κ1) is 26.1. The Labute approximate surface area is 214 Å². The summed E-state index contributed by atoms with van der Waals surface area (Å²) in [6.45, 7) is 14.1. The van der Waals surface area contributed by atoms with Crippen LogP contribution < -0.4 is 5.32 Å². The summed E-state index contributed by atoms with van der Waals surface area (Å²) in [4.78, 5) is 0. The molecule has 3 rings (SSSR count). The van der Waals surface area contributed by atoms with Gasteiger partial charge in [-0.1, -0.05) is 89.0 Å². The minimum atomic E-state index is 0.220. The zero-order valence-electron chi connectivity index (χ0n) is 20.9. The van der Waals surface area contributed by atoms with Gasteiger partial charge in [-0.25, -0.2) is 0 Å². The first-order valence-corrected chi connectivity index (χ1v) is 12.7. The van der Waals surface area contributed by atoms with E-state index in [1.54, 1.807) is 6.07 Å². The third kappa shape index (κ3) is 5.43. The second-order valence-corrected chi connectivity index (χ2v) is 10.9. The first-order valence-electron chi connectivity index (χ1n) is 11.9. The molecule has 0 fully saturated rings. The number of hydrogen-bond donors (Lipinski definition) is 1. The summed E-state index contributed by atoms with van der Waals surface area (Å²) in [5.41, 5.74) is 5.73. The molecule has 0 amide bonds. The van der Waals surface area contributed by atoms with Crippen molar-refractivity contribution in [3.05, 3.63) is 81.8 Å². The van der Waals surface area contributed by atoms with Gasteiger partial charge in [-0.2, -0.15) is 5.26 Å². The SMILES string of the molecule is CC(C)C(Cc1cccc(Nc2ccc(-c3ccc(Cl)c(Cl)c3)cc2C#N)c1)(C(C)C)C(C)C. The molecule has 0 unspecified atom stereocenters. The molecule has 0 bridgehead atoms. The van der Waals surface area contributed by atoms with Gasteiger partial charge in [-0.15, -0.1) is 0 Å². The fourth-order valence-corrected chi connectivity index (χ4v) is 5.78. The van der Waals surface area contributed by atoms with Gasteiger partial charge >= 0.3 is 0 Å². The third-order valence-electron chi connectivity index (χ3n) is 7.33. The van der Waals surface area contributed by atoms with E-state index < -0.39 is 0 Å². The number of hydrogen-bond acceptors (Lipinski definition) is 2. The Balaban J connectivity index is 1.90. The number of nitriles is 1. The quantitative estimate of drug-likeness (QED) is 0.339. The van der Waals surface area contributed by atoms with Crippen molar-refractivity contribution in [1.82, 2.24) is 0 Å². The van der Waals surface area contributed by atoms with Crippen molar-refractivity contribution in [2.45, 2.75) is 48.0 Å². The molecule has 0 aliphatic heterocycles. The lowest BCUT2D eigenvalue weighted by molar-refractivity contribution is 0.0496. The van der Waals surface area contributed by atoms with Gasteiger partial charge in [0, 0.05) is 5.69 Å². The summed E-state index contributed by atoms with van der Waals surface area (Å²) >= 11 is 12.2. The number of rotatable bonds is 8. The summed E-state index contributed by atoms with van der Waals surface area (Å²) in [7, 11) is 0. The molecule has 2 nitrogen and oxygen atoms in total. The Morgan fingerprint density at radius 3 is 2.00 bits per heavy atom. The summed E-state index contributed by atoms with van der Waals surface area (Å²) in [6.07, 6.45) is 1.02. The molecule has 4 heteroatoms. The molecule has 34 heavy (non-hydrogen) atoms. The first-order chi connectivity index (χ1) is 16.1. The molecule has 3 aromatic carbocycles. The van der Waals surface area contributed by atoms with E-state index in [9.17, 15) is 5.26 Å². The number of halogens is 2. The van der Waals surface area contributed by atoms with Gasteiger partial charge < -0.3 is 5.32 Å². The molecule has 0 radical (unpaired) electrons. The van der Waals surface area contributed by atoms with Crippen LogP contribution in [0.25, 0.3) is 11.1 Å². The largest absolute Gasteiger partial charge is 0.354 e. The van der Waals surface area contributed by atoms with Crippen molar-refractivity contribution in [3.8, 4) is 17.2 Å². The summed E-state index contributed by atoms with van der Waals surface area (Å²) < 4.78 is 0. The van der Waals surface area contributed by atoms with Crippen LogP contribution >= 0.6 is 23.2 Å². The molecule has 0 saturated carbocycles. The fraction of sp³-hybridized carbons (Fsp3) is 0.367. The summed E-state index contributed by atoms with van der Waals surface area (Å²) in [5.74, 6) is 1.72. The highest BCUT2D eigenvalue weighted by atomic mass is 35.5. The monoisotopic (exact) mass is 492 g/mol. The van der Waals surface area contributed by atoms with Crippen LogP contribution in [0, 0.1) is 34.5 Å². The molecule has 3 aromatic rings. The van der Waals surface area contributed by atoms with E-state index in [-0.39, 0.29) is 5.41 Å². The van der Waals surface area contributed by atoms with Crippen LogP contribution in [0.1, 0.15) is 52.7 Å². The fourth-order valence-electron chi connectivity index (χ4n) is 5.48. The van der Waals surface area contributed by atoms with Gasteiger partial charge in [0.2, 0.25) is 0 Å². The van der Waals surface area contributed by atoms with Crippen LogP contribution in [0.4, 0.5) is 11.4 Å². The summed E-state index contributed by atoms with van der Waals surface area (Å²) in [6, 6.07) is 22.2. The van der Waals surface area contributed by atoms with Crippen LogP contribution in [0.3, 0.4) is 0 Å². The Morgan fingerprint density at radius 2 is 1.41 bits per heavy atom. The minimum Gasteiger partial charge on any atom is -0.354 e. The maximum Gasteiger partial charge on any atom is 0.101 e. The van der Waals surface area contributed by atoms with Gasteiger partial charge in [-0.3, -0.25) is 0 Å². The van der Waals surface area contributed by atoms with Crippen LogP contribution in [-0.2, 0) is 6.42 Å². The molecule has 0 aliphatic carbocycles. The normalized spacial score (nSPS) is 11.8. The standard InChI is InChI=1S/C30H34Cl2N2/c1-19(2)30(20(3)4,21(5)6)17-22-8-7-9-26(14-22)34-29-13-11-23(15-25(29)18-33)24-10-12-27(31)28(32)16-24/h7-16,19-21,34H,17H2,1-6H3. The maximum absolute atomic E-state index is 9.82. The van der Waals surface area contributed by atoms with Crippen molar-refractivity contribution in [3.63, 3.8) is 0 Å². The number of benzene rings is 3. The van der Waals surface area contributed by atoms with E-state index in [2.05, 4.69) is 77.2 Å². The van der Waals surface area contributed by atoms with Crippen molar-refractivity contribution < 1.29 is 0 Å². The molecule has 0 aliphatic rings. The molecule has 0 atom stereocenters. The van der Waals surface area contributed by atoms with Crippen molar-refractivity contribution >= 4 is 34.6 Å². The van der Waals surface area contributed by atoms with E-state index in [0.717, 1.165) is 28.9 Å². The average Bonchev–Trinajstić information content (AvgIpc) is 2.79. The average molecular weight is 494 g/mol. The summed E-state index contributed by atoms with van der Waals surface area (Å²) in [5, 5.41) is 14.3. The lowest BCUT2D eigenvalue weighted by Crippen LogP contribution is -2.40. The van der Waals surface area contributed by atoms with Gasteiger partial charge in [0.25, 0.3) is 0 Å². The molecular weight excluding hydrogens is 459 g/mol. The van der Waals surface area contributed by atoms with Crippen molar-refractivity contribution in [2.24, 2.45) is 23.2 Å². The number of nitrogens with one attached hydrogen (secondary N) is 1. The molecule has 0 saturated heterocycles. The second-order valence-electron chi connectivity index (χ2n) is 10.1. The Bertz CT molecular complexity index is 1170. The van der Waals surface area contributed by atoms with E-state index in [0.29, 0.717) is 33.4 Å². The van der Waals surface area contributed by atoms with Crippen LogP contribution in [0.5, 0.6) is 0 Å². The van der Waals surface area contributed by atoms with Gasteiger partial charge in [-0.05, 0) is 82.7 Å². The predicted molar refractivity (Wildman–Crippen MR) is 147 cm³/mol. The Kier molecular flexibility index (Phi) is 8.34. The molecule has 178 valence electrons. The zero-order valence-corrected chi connectivity index (χ0v) is 22.4. The Hall–Kier alpha value is -2.47. The van der Waals surface area contributed by atoms with Gasteiger partial charge in [0.05, 0.1) is 21.3 Å². The smallest absolute Gasteiger partial charge is 0.101 e. The van der Waals surface area contributed by atoms with Crippen molar-refractivity contribution in [2.75, 3.05) is 5.32 Å². The maximum atomic E-state index is 9.82. The molecule has 1 N–H and O–H groups in total. The minimum absolute atomic E-state index is 0.220. The molecular formula is C30H34Cl2N2. The number of nitrogens with zero attached hydrogens (tertiary/aromatic N) is 1. The second kappa shape index (κ2) is 10.9. The lowest BCUT2D eigenvalue weighted by atomic mass is 9.59. The van der Waals surface area contributed by atoms with E-state index in [4.69, 9.17) is 23.2 Å². The Morgan fingerprint density at radius 1 is 0.794 bits per heavy atom. The number of anilines is 2. The van der Waals surface area contributed by atoms with E-state index in [1.807, 2.05) is 30.3 Å². The van der Waals surface area contributed by atoms with Gasteiger partial charge in [0.1, 0.15) is 6.07 Å². The van der Waals surface area contributed by atoms with Gasteiger partial charge in [0.15, 0.2) is 0 Å². The predicted octanol–water partition coefficient (Wildman–Crippen LogP) is 9.77. The van der Waals surface area contributed by atoms with Crippen LogP contribution in [0.15, 0.2) is 60.7 Å². The molecule has 0 aromatic heterocycles. The highest BCUT2D eigenvalue weighted by Crippen LogP contribution is 2.46. The third-order valence-corrected chi connectivity index (χ3v) is 8.07. The molecule has 0 spiro atoms. The highest BCUT2D eigenvalue weighted by molar-refractivity contribution is 6.42. The zero-order chi connectivity index (χ0) is 25.0. The highest BCUT2D eigenvalue weighted by Gasteiger charge is 2.40. The topological polar surface area (TPSA) is 35.8 Å². The lowest BCUT2D eigenvalue weighted by Gasteiger charge is -2.45. The van der Waals surface area contributed by atoms with Crippen molar-refractivity contribution in [1.29, 1.82) is 5.26 Å². The van der Waals surface area contributed by atoms with Crippen LogP contribution in [-0.4, -0.2) is 0 Å². The van der Waals surface area contributed by atoms with E-state index >= 15 is 0 Å². The molecule has 0 heterocycles. The van der Waals surface area contributed by atoms with Crippen LogP contribution in [0.2, 0.25) is 10.0 Å².